The van der Waals surface area contributed by atoms with Crippen LogP contribution >= 0.6 is 0 Å². The van der Waals surface area contributed by atoms with Crippen LogP contribution in [0.4, 0.5) is 11.5 Å². The summed E-state index contributed by atoms with van der Waals surface area (Å²) in [6.45, 7) is 7.57. The van der Waals surface area contributed by atoms with Crippen LogP contribution in [0.2, 0.25) is 0 Å². The number of nitrogens with zero attached hydrogens (tertiary/aromatic N) is 1. The fourth-order valence-corrected chi connectivity index (χ4v) is 3.67. The summed E-state index contributed by atoms with van der Waals surface area (Å²) in [4.78, 5) is 4.43. The molecule has 0 saturated heterocycles. The average Bonchev–Trinajstić information content (AvgIpc) is 2.50. The van der Waals surface area contributed by atoms with Crippen LogP contribution in [-0.2, 0) is 10.0 Å². The number of aromatic nitrogens is 1. The molecule has 0 unspecified atom stereocenters. The maximum atomic E-state index is 12.6. The molecule has 2 rings (SSSR count). The maximum Gasteiger partial charge on any atom is 0.262 e. The van der Waals surface area contributed by atoms with Crippen LogP contribution in [0.25, 0.3) is 0 Å². The third-order valence-electron chi connectivity index (χ3n) is 3.43. The van der Waals surface area contributed by atoms with Crippen molar-refractivity contribution >= 4 is 21.5 Å². The molecule has 24 heavy (non-hydrogen) atoms. The van der Waals surface area contributed by atoms with Gasteiger partial charge in [0.25, 0.3) is 10.0 Å². The molecule has 2 aromatic rings. The van der Waals surface area contributed by atoms with E-state index in [0.717, 1.165) is 5.56 Å². The van der Waals surface area contributed by atoms with Gasteiger partial charge in [0.2, 0.25) is 0 Å². The lowest BCUT2D eigenvalue weighted by atomic mass is 10.1. The first kappa shape index (κ1) is 18.1. The molecule has 2 N–H and O–H groups in total. The van der Waals surface area contributed by atoms with E-state index in [2.05, 4.69) is 15.0 Å². The molecule has 0 atom stereocenters. The SMILES string of the molecule is COc1cc(C)c(S(=O)(=O)Nc2ccc(NC(C)C)nc2)cc1C. The van der Waals surface area contributed by atoms with E-state index in [9.17, 15) is 8.42 Å². The molecule has 0 aliphatic rings. The van der Waals surface area contributed by atoms with Crippen molar-refractivity contribution in [3.63, 3.8) is 0 Å². The number of sulfonamides is 1. The highest BCUT2D eigenvalue weighted by Crippen LogP contribution is 2.27. The summed E-state index contributed by atoms with van der Waals surface area (Å²) in [6.07, 6.45) is 1.49. The molecule has 1 heterocycles. The first-order valence-electron chi connectivity index (χ1n) is 7.63. The Morgan fingerprint density at radius 3 is 2.38 bits per heavy atom. The Morgan fingerprint density at radius 1 is 1.12 bits per heavy atom. The Hall–Kier alpha value is -2.28. The lowest BCUT2D eigenvalue weighted by molar-refractivity contribution is 0.411. The minimum atomic E-state index is -3.69. The standard InChI is InChI=1S/C17H23N3O3S/c1-11(2)19-17-7-6-14(10-18-17)20-24(21,22)16-9-12(3)15(23-5)8-13(16)4/h6-11,20H,1-5H3,(H,18,19). The van der Waals surface area contributed by atoms with E-state index in [-0.39, 0.29) is 10.9 Å². The molecule has 0 aliphatic heterocycles. The zero-order chi connectivity index (χ0) is 17.9. The van der Waals surface area contributed by atoms with E-state index in [4.69, 9.17) is 4.74 Å². The Morgan fingerprint density at radius 2 is 1.83 bits per heavy atom. The van der Waals surface area contributed by atoms with Gasteiger partial charge < -0.3 is 10.1 Å². The van der Waals surface area contributed by atoms with Crippen molar-refractivity contribution in [2.24, 2.45) is 0 Å². The molecular weight excluding hydrogens is 326 g/mol. The third-order valence-corrected chi connectivity index (χ3v) is 4.96. The zero-order valence-electron chi connectivity index (χ0n) is 14.5. The number of aryl methyl sites for hydroxylation is 2. The quantitative estimate of drug-likeness (QED) is 0.836. The van der Waals surface area contributed by atoms with Crippen molar-refractivity contribution in [2.45, 2.75) is 38.6 Å². The van der Waals surface area contributed by atoms with Crippen LogP contribution in [0.1, 0.15) is 25.0 Å². The molecule has 0 bridgehead atoms. The molecule has 0 spiro atoms. The fraction of sp³-hybridized carbons (Fsp3) is 0.353. The summed E-state index contributed by atoms with van der Waals surface area (Å²) < 4.78 is 33.1. The van der Waals surface area contributed by atoms with Gasteiger partial charge in [0.15, 0.2) is 0 Å². The molecule has 6 nitrogen and oxygen atoms in total. The average molecular weight is 349 g/mol. The smallest absolute Gasteiger partial charge is 0.262 e. The van der Waals surface area contributed by atoms with Crippen molar-refractivity contribution in [2.75, 3.05) is 17.1 Å². The Kier molecular flexibility index (Phi) is 5.33. The summed E-state index contributed by atoms with van der Waals surface area (Å²) in [6, 6.07) is 7.01. The highest BCUT2D eigenvalue weighted by molar-refractivity contribution is 7.92. The van der Waals surface area contributed by atoms with Gasteiger partial charge in [0, 0.05) is 6.04 Å². The van der Waals surface area contributed by atoms with Crippen molar-refractivity contribution in [3.8, 4) is 5.75 Å². The molecule has 0 fully saturated rings. The van der Waals surface area contributed by atoms with Crippen molar-refractivity contribution in [1.29, 1.82) is 0 Å². The second-order valence-electron chi connectivity index (χ2n) is 5.92. The monoisotopic (exact) mass is 349 g/mol. The normalized spacial score (nSPS) is 11.4. The Bertz CT molecular complexity index is 816. The maximum absolute atomic E-state index is 12.6. The molecule has 1 aromatic carbocycles. The van der Waals surface area contributed by atoms with Gasteiger partial charge in [0.1, 0.15) is 11.6 Å². The zero-order valence-corrected chi connectivity index (χ0v) is 15.4. The summed E-state index contributed by atoms with van der Waals surface area (Å²) in [5.74, 6) is 1.36. The van der Waals surface area contributed by atoms with E-state index in [1.54, 1.807) is 38.3 Å². The van der Waals surface area contributed by atoms with Crippen molar-refractivity contribution in [1.82, 2.24) is 4.98 Å². The largest absolute Gasteiger partial charge is 0.496 e. The fourth-order valence-electron chi connectivity index (χ4n) is 2.32. The first-order chi connectivity index (χ1) is 11.2. The third kappa shape index (κ3) is 4.17. The predicted octanol–water partition coefficient (Wildman–Crippen LogP) is 3.33. The highest BCUT2D eigenvalue weighted by atomic mass is 32.2. The first-order valence-corrected chi connectivity index (χ1v) is 9.12. The van der Waals surface area contributed by atoms with Crippen molar-refractivity contribution < 1.29 is 13.2 Å². The van der Waals surface area contributed by atoms with Crippen LogP contribution in [0.5, 0.6) is 5.75 Å². The molecule has 1 aromatic heterocycles. The molecular formula is C17H23N3O3S. The van der Waals surface area contributed by atoms with E-state index >= 15 is 0 Å². The van der Waals surface area contributed by atoms with Crippen LogP contribution in [0.15, 0.2) is 35.4 Å². The number of ether oxygens (including phenoxy) is 1. The predicted molar refractivity (Wildman–Crippen MR) is 96.3 cm³/mol. The van der Waals surface area contributed by atoms with Crippen LogP contribution < -0.4 is 14.8 Å². The van der Waals surface area contributed by atoms with Gasteiger partial charge in [-0.2, -0.15) is 0 Å². The Balaban J connectivity index is 2.27. The number of methoxy groups -OCH3 is 1. The van der Waals surface area contributed by atoms with Gasteiger partial charge in [-0.15, -0.1) is 0 Å². The summed E-state index contributed by atoms with van der Waals surface area (Å²) in [5, 5.41) is 3.15. The molecule has 0 aliphatic carbocycles. The van der Waals surface area contributed by atoms with Gasteiger partial charge in [-0.1, -0.05) is 0 Å². The number of nitrogens with one attached hydrogen (secondary N) is 2. The number of hydrogen-bond acceptors (Lipinski definition) is 5. The highest BCUT2D eigenvalue weighted by Gasteiger charge is 2.19. The topological polar surface area (TPSA) is 80.3 Å². The van der Waals surface area contributed by atoms with Gasteiger partial charge in [-0.3, -0.25) is 4.72 Å². The molecule has 0 amide bonds. The summed E-state index contributed by atoms with van der Waals surface area (Å²) in [7, 11) is -2.13. The number of benzene rings is 1. The summed E-state index contributed by atoms with van der Waals surface area (Å²) in [5.41, 5.74) is 1.80. The molecule has 130 valence electrons. The second kappa shape index (κ2) is 7.09. The molecule has 0 radical (unpaired) electrons. The number of hydrogen-bond donors (Lipinski definition) is 2. The van der Waals surface area contributed by atoms with E-state index in [1.165, 1.54) is 6.20 Å². The van der Waals surface area contributed by atoms with Gasteiger partial charge in [-0.05, 0) is 63.1 Å². The van der Waals surface area contributed by atoms with Crippen molar-refractivity contribution in [3.05, 3.63) is 41.6 Å². The summed E-state index contributed by atoms with van der Waals surface area (Å²) >= 11 is 0. The molecule has 7 heteroatoms. The minimum Gasteiger partial charge on any atom is -0.496 e. The number of anilines is 2. The number of rotatable bonds is 6. The second-order valence-corrected chi connectivity index (χ2v) is 7.57. The van der Waals surface area contributed by atoms with Gasteiger partial charge in [0.05, 0.1) is 23.9 Å². The van der Waals surface area contributed by atoms with Crippen LogP contribution in [0, 0.1) is 13.8 Å². The van der Waals surface area contributed by atoms with E-state index in [0.29, 0.717) is 22.8 Å². The number of pyridine rings is 1. The Labute approximate surface area is 143 Å². The van der Waals surface area contributed by atoms with Crippen LogP contribution in [0.3, 0.4) is 0 Å². The van der Waals surface area contributed by atoms with Crippen LogP contribution in [-0.4, -0.2) is 26.6 Å². The van der Waals surface area contributed by atoms with Gasteiger partial charge in [-0.25, -0.2) is 13.4 Å². The van der Waals surface area contributed by atoms with E-state index < -0.39 is 10.0 Å². The van der Waals surface area contributed by atoms with Gasteiger partial charge >= 0.3 is 0 Å². The lowest BCUT2D eigenvalue weighted by Crippen LogP contribution is -2.15. The molecule has 0 saturated carbocycles. The van der Waals surface area contributed by atoms with E-state index in [1.807, 2.05) is 20.8 Å². The lowest BCUT2D eigenvalue weighted by Gasteiger charge is -2.14. The minimum absolute atomic E-state index is 0.227.